The number of methoxy groups -OCH3 is 1. The van der Waals surface area contributed by atoms with Gasteiger partial charge in [-0.3, -0.25) is 4.79 Å². The Labute approximate surface area is 102 Å². The summed E-state index contributed by atoms with van der Waals surface area (Å²) in [5.41, 5.74) is 1.27. The third-order valence-electron chi connectivity index (χ3n) is 3.33. The molecule has 1 aliphatic heterocycles. The lowest BCUT2D eigenvalue weighted by Crippen LogP contribution is -2.37. The molecule has 1 unspecified atom stereocenters. The van der Waals surface area contributed by atoms with Crippen LogP contribution in [0, 0.1) is 5.92 Å². The molecule has 1 atom stereocenters. The third kappa shape index (κ3) is 3.30. The molecule has 1 aromatic rings. The standard InChI is InChI=1S/C14H19NO2/c1-17-13-6-3-11(4-7-13)2-5-12-10-15-9-8-14(12)16/h3-4,6-7,12,15H,2,5,8-10H2,1H3. The van der Waals surface area contributed by atoms with Gasteiger partial charge in [0, 0.05) is 25.4 Å². The topological polar surface area (TPSA) is 38.3 Å². The minimum absolute atomic E-state index is 0.200. The van der Waals surface area contributed by atoms with E-state index in [1.807, 2.05) is 12.1 Å². The smallest absolute Gasteiger partial charge is 0.138 e. The van der Waals surface area contributed by atoms with E-state index in [2.05, 4.69) is 17.4 Å². The van der Waals surface area contributed by atoms with Crippen molar-refractivity contribution >= 4 is 5.78 Å². The van der Waals surface area contributed by atoms with Crippen molar-refractivity contribution in [2.45, 2.75) is 19.3 Å². The van der Waals surface area contributed by atoms with Crippen LogP contribution in [0.15, 0.2) is 24.3 Å². The van der Waals surface area contributed by atoms with Gasteiger partial charge in [0.1, 0.15) is 11.5 Å². The zero-order valence-corrected chi connectivity index (χ0v) is 10.2. The molecule has 1 fully saturated rings. The molecule has 3 nitrogen and oxygen atoms in total. The van der Waals surface area contributed by atoms with E-state index in [0.717, 1.165) is 31.7 Å². The van der Waals surface area contributed by atoms with Gasteiger partial charge in [-0.05, 0) is 30.5 Å². The number of ether oxygens (including phenoxy) is 1. The number of benzene rings is 1. The maximum Gasteiger partial charge on any atom is 0.138 e. The molecule has 0 aromatic heterocycles. The van der Waals surface area contributed by atoms with Crippen molar-refractivity contribution in [1.29, 1.82) is 0 Å². The van der Waals surface area contributed by atoms with Crippen molar-refractivity contribution in [3.05, 3.63) is 29.8 Å². The Kier molecular flexibility index (Phi) is 4.15. The molecule has 1 heterocycles. The fourth-order valence-corrected chi connectivity index (χ4v) is 2.20. The van der Waals surface area contributed by atoms with Crippen LogP contribution in [0.25, 0.3) is 0 Å². The Bertz CT molecular complexity index is 372. The lowest BCUT2D eigenvalue weighted by atomic mass is 9.91. The zero-order valence-electron chi connectivity index (χ0n) is 10.2. The lowest BCUT2D eigenvalue weighted by molar-refractivity contribution is -0.124. The van der Waals surface area contributed by atoms with Crippen molar-refractivity contribution in [3.8, 4) is 5.75 Å². The molecule has 0 radical (unpaired) electrons. The molecular formula is C14H19NO2. The van der Waals surface area contributed by atoms with Crippen LogP contribution < -0.4 is 10.1 Å². The van der Waals surface area contributed by atoms with E-state index in [1.165, 1.54) is 5.56 Å². The van der Waals surface area contributed by atoms with E-state index in [1.54, 1.807) is 7.11 Å². The molecule has 0 saturated carbocycles. The van der Waals surface area contributed by atoms with E-state index in [9.17, 15) is 4.79 Å². The van der Waals surface area contributed by atoms with Crippen molar-refractivity contribution in [2.75, 3.05) is 20.2 Å². The van der Waals surface area contributed by atoms with Gasteiger partial charge in [-0.2, -0.15) is 0 Å². The average molecular weight is 233 g/mol. The normalized spacial score (nSPS) is 20.3. The highest BCUT2D eigenvalue weighted by atomic mass is 16.5. The summed E-state index contributed by atoms with van der Waals surface area (Å²) in [7, 11) is 1.67. The molecule has 92 valence electrons. The fourth-order valence-electron chi connectivity index (χ4n) is 2.20. The van der Waals surface area contributed by atoms with E-state index in [0.29, 0.717) is 12.2 Å². The van der Waals surface area contributed by atoms with E-state index >= 15 is 0 Å². The van der Waals surface area contributed by atoms with Gasteiger partial charge in [-0.15, -0.1) is 0 Å². The number of hydrogen-bond donors (Lipinski definition) is 1. The van der Waals surface area contributed by atoms with Gasteiger partial charge >= 0.3 is 0 Å². The van der Waals surface area contributed by atoms with Crippen molar-refractivity contribution in [2.24, 2.45) is 5.92 Å². The van der Waals surface area contributed by atoms with E-state index < -0.39 is 0 Å². The van der Waals surface area contributed by atoms with Crippen molar-refractivity contribution in [1.82, 2.24) is 5.32 Å². The molecule has 2 rings (SSSR count). The minimum Gasteiger partial charge on any atom is -0.497 e. The summed E-state index contributed by atoms with van der Waals surface area (Å²) in [6, 6.07) is 8.08. The first kappa shape index (κ1) is 12.1. The summed E-state index contributed by atoms with van der Waals surface area (Å²) < 4.78 is 5.12. The second-order valence-corrected chi connectivity index (χ2v) is 4.50. The van der Waals surface area contributed by atoms with Crippen LogP contribution >= 0.6 is 0 Å². The lowest BCUT2D eigenvalue weighted by Gasteiger charge is -2.21. The number of aryl methyl sites for hydroxylation is 1. The van der Waals surface area contributed by atoms with Crippen molar-refractivity contribution < 1.29 is 9.53 Å². The summed E-state index contributed by atoms with van der Waals surface area (Å²) in [6.07, 6.45) is 2.59. The van der Waals surface area contributed by atoms with Crippen LogP contribution in [0.5, 0.6) is 5.75 Å². The van der Waals surface area contributed by atoms with E-state index in [-0.39, 0.29) is 5.92 Å². The summed E-state index contributed by atoms with van der Waals surface area (Å²) in [4.78, 5) is 11.7. The largest absolute Gasteiger partial charge is 0.497 e. The first-order chi connectivity index (χ1) is 8.29. The maximum atomic E-state index is 11.7. The Morgan fingerprint density at radius 2 is 2.12 bits per heavy atom. The Morgan fingerprint density at radius 3 is 2.76 bits per heavy atom. The second-order valence-electron chi connectivity index (χ2n) is 4.50. The molecule has 1 saturated heterocycles. The molecule has 1 aromatic carbocycles. The Hall–Kier alpha value is -1.35. The molecule has 0 spiro atoms. The number of rotatable bonds is 4. The highest BCUT2D eigenvalue weighted by Crippen LogP contribution is 2.17. The quantitative estimate of drug-likeness (QED) is 0.862. The second kappa shape index (κ2) is 5.82. The predicted octanol–water partition coefficient (Wildman–Crippen LogP) is 1.81. The Morgan fingerprint density at radius 1 is 1.35 bits per heavy atom. The number of piperidine rings is 1. The van der Waals surface area contributed by atoms with Crippen molar-refractivity contribution in [3.63, 3.8) is 0 Å². The average Bonchev–Trinajstić information content (AvgIpc) is 2.38. The molecule has 1 aliphatic rings. The van der Waals surface area contributed by atoms with Crippen LogP contribution in [-0.4, -0.2) is 26.0 Å². The number of nitrogens with one attached hydrogen (secondary N) is 1. The van der Waals surface area contributed by atoms with Crippen LogP contribution in [0.4, 0.5) is 0 Å². The number of carbonyl (C=O) groups is 1. The molecule has 0 aliphatic carbocycles. The Balaban J connectivity index is 1.86. The highest BCUT2D eigenvalue weighted by Gasteiger charge is 2.21. The van der Waals surface area contributed by atoms with Crippen LogP contribution in [0.3, 0.4) is 0 Å². The number of hydrogen-bond acceptors (Lipinski definition) is 3. The van der Waals surface area contributed by atoms with Crippen LogP contribution in [-0.2, 0) is 11.2 Å². The molecule has 3 heteroatoms. The SMILES string of the molecule is COc1ccc(CCC2CNCCC2=O)cc1. The summed E-state index contributed by atoms with van der Waals surface area (Å²) >= 11 is 0. The highest BCUT2D eigenvalue weighted by molar-refractivity contribution is 5.82. The number of ketones is 1. The zero-order chi connectivity index (χ0) is 12.1. The minimum atomic E-state index is 0.200. The summed E-state index contributed by atoms with van der Waals surface area (Å²) in [5.74, 6) is 1.49. The number of Topliss-reactive ketones (excluding diaryl/α,β-unsaturated/α-hetero) is 1. The monoisotopic (exact) mass is 233 g/mol. The van der Waals surface area contributed by atoms with Gasteiger partial charge in [-0.25, -0.2) is 0 Å². The predicted molar refractivity (Wildman–Crippen MR) is 67.3 cm³/mol. The van der Waals surface area contributed by atoms with Gasteiger partial charge < -0.3 is 10.1 Å². The maximum absolute atomic E-state index is 11.7. The fraction of sp³-hybridized carbons (Fsp3) is 0.500. The molecule has 0 bridgehead atoms. The summed E-state index contributed by atoms with van der Waals surface area (Å²) in [5, 5.41) is 3.28. The first-order valence-corrected chi connectivity index (χ1v) is 6.16. The molecule has 1 N–H and O–H groups in total. The number of carbonyl (C=O) groups excluding carboxylic acids is 1. The van der Waals surface area contributed by atoms with Gasteiger partial charge in [0.25, 0.3) is 0 Å². The van der Waals surface area contributed by atoms with E-state index in [4.69, 9.17) is 4.74 Å². The van der Waals surface area contributed by atoms with Gasteiger partial charge in [0.2, 0.25) is 0 Å². The molecule has 0 amide bonds. The third-order valence-corrected chi connectivity index (χ3v) is 3.33. The first-order valence-electron chi connectivity index (χ1n) is 6.16. The molecule has 17 heavy (non-hydrogen) atoms. The van der Waals surface area contributed by atoms with Gasteiger partial charge in [0.05, 0.1) is 7.11 Å². The van der Waals surface area contributed by atoms with Crippen LogP contribution in [0.1, 0.15) is 18.4 Å². The van der Waals surface area contributed by atoms with Crippen LogP contribution in [0.2, 0.25) is 0 Å². The summed E-state index contributed by atoms with van der Waals surface area (Å²) in [6.45, 7) is 1.69. The van der Waals surface area contributed by atoms with Gasteiger partial charge in [0.15, 0.2) is 0 Å². The van der Waals surface area contributed by atoms with Gasteiger partial charge in [-0.1, -0.05) is 12.1 Å². The molecular weight excluding hydrogens is 214 g/mol.